The SMILES string of the molecule is Cc1ccc(CN(C(=O)CN(c2ccc(C(C)C)cc2)S(=O)(=O)c2ccc(C)cc2)[C@@H](C)C(=O)NC(C)C)cc1. The Kier molecular flexibility index (Phi) is 10.1. The summed E-state index contributed by atoms with van der Waals surface area (Å²) in [5.41, 5.74) is 4.29. The fourth-order valence-electron chi connectivity index (χ4n) is 4.27. The molecule has 0 aliphatic rings. The molecule has 3 rings (SSSR count). The van der Waals surface area contributed by atoms with E-state index in [4.69, 9.17) is 0 Å². The first kappa shape index (κ1) is 30.9. The lowest BCUT2D eigenvalue weighted by Gasteiger charge is -2.32. The quantitative estimate of drug-likeness (QED) is 0.331. The molecule has 7 nitrogen and oxygen atoms in total. The van der Waals surface area contributed by atoms with Crippen molar-refractivity contribution in [2.45, 2.75) is 77.9 Å². The number of carbonyl (C=O) groups excluding carboxylic acids is 2. The third kappa shape index (κ3) is 7.72. The molecular formula is C32H41N3O4S. The number of anilines is 1. The van der Waals surface area contributed by atoms with E-state index in [2.05, 4.69) is 19.2 Å². The molecule has 0 aliphatic heterocycles. The van der Waals surface area contributed by atoms with Gasteiger partial charge in [0.25, 0.3) is 10.0 Å². The second-order valence-electron chi connectivity index (χ2n) is 10.9. The van der Waals surface area contributed by atoms with E-state index in [0.29, 0.717) is 5.69 Å². The van der Waals surface area contributed by atoms with Crippen LogP contribution in [0.1, 0.15) is 62.8 Å². The Balaban J connectivity index is 2.04. The smallest absolute Gasteiger partial charge is 0.264 e. The van der Waals surface area contributed by atoms with Crippen LogP contribution in [0, 0.1) is 13.8 Å². The summed E-state index contributed by atoms with van der Waals surface area (Å²) < 4.78 is 29.0. The zero-order valence-corrected chi connectivity index (χ0v) is 25.3. The van der Waals surface area contributed by atoms with Gasteiger partial charge < -0.3 is 10.2 Å². The summed E-state index contributed by atoms with van der Waals surface area (Å²) in [6.07, 6.45) is 0. The summed E-state index contributed by atoms with van der Waals surface area (Å²) in [6.45, 7) is 13.1. The molecule has 0 saturated carbocycles. The Morgan fingerprint density at radius 3 is 1.80 bits per heavy atom. The van der Waals surface area contributed by atoms with Gasteiger partial charge in [0.2, 0.25) is 11.8 Å². The minimum Gasteiger partial charge on any atom is -0.352 e. The first-order chi connectivity index (χ1) is 18.8. The van der Waals surface area contributed by atoms with Crippen LogP contribution in [0.2, 0.25) is 0 Å². The van der Waals surface area contributed by atoms with Crippen LogP contribution in [0.4, 0.5) is 5.69 Å². The zero-order valence-electron chi connectivity index (χ0n) is 24.5. The fraction of sp³-hybridized carbons (Fsp3) is 0.375. The van der Waals surface area contributed by atoms with Gasteiger partial charge in [0, 0.05) is 12.6 Å². The molecule has 1 N–H and O–H groups in total. The number of sulfonamides is 1. The average Bonchev–Trinajstić information content (AvgIpc) is 2.90. The average molecular weight is 564 g/mol. The second-order valence-corrected chi connectivity index (χ2v) is 12.8. The lowest BCUT2D eigenvalue weighted by molar-refractivity contribution is -0.139. The molecule has 8 heteroatoms. The molecule has 0 bridgehead atoms. The van der Waals surface area contributed by atoms with E-state index in [0.717, 1.165) is 26.6 Å². The van der Waals surface area contributed by atoms with Gasteiger partial charge in [-0.3, -0.25) is 13.9 Å². The highest BCUT2D eigenvalue weighted by Crippen LogP contribution is 2.27. The first-order valence-electron chi connectivity index (χ1n) is 13.6. The van der Waals surface area contributed by atoms with Gasteiger partial charge >= 0.3 is 0 Å². The Hall–Kier alpha value is -3.65. The number of nitrogens with zero attached hydrogens (tertiary/aromatic N) is 2. The molecular weight excluding hydrogens is 522 g/mol. The van der Waals surface area contributed by atoms with Crippen molar-refractivity contribution in [2.24, 2.45) is 0 Å². The summed E-state index contributed by atoms with van der Waals surface area (Å²) in [7, 11) is -4.09. The third-order valence-corrected chi connectivity index (χ3v) is 8.60. The van der Waals surface area contributed by atoms with Gasteiger partial charge in [-0.05, 0) is 75.9 Å². The van der Waals surface area contributed by atoms with Crippen LogP contribution in [0.5, 0.6) is 0 Å². The molecule has 0 heterocycles. The van der Waals surface area contributed by atoms with Gasteiger partial charge in [0.15, 0.2) is 0 Å². The van der Waals surface area contributed by atoms with Crippen molar-refractivity contribution in [1.82, 2.24) is 10.2 Å². The molecule has 1 atom stereocenters. The van der Waals surface area contributed by atoms with Gasteiger partial charge in [-0.1, -0.05) is 73.5 Å². The maximum Gasteiger partial charge on any atom is 0.264 e. The predicted molar refractivity (Wildman–Crippen MR) is 161 cm³/mol. The standard InChI is InChI=1S/C32H41N3O4S/c1-22(2)28-14-16-29(17-15-28)35(40(38,39)30-18-10-25(6)11-19-30)21-31(36)34(26(7)32(37)33-23(3)4)20-27-12-8-24(5)9-13-27/h8-19,22-23,26H,20-21H2,1-7H3,(H,33,37)/t26-/m0/s1. The van der Waals surface area contributed by atoms with Crippen LogP contribution in [0.3, 0.4) is 0 Å². The van der Waals surface area contributed by atoms with Gasteiger partial charge in [-0.25, -0.2) is 8.42 Å². The minimum atomic E-state index is -4.09. The molecule has 0 aliphatic carbocycles. The first-order valence-corrected chi connectivity index (χ1v) is 15.1. The Labute approximate surface area is 239 Å². The van der Waals surface area contributed by atoms with Crippen molar-refractivity contribution in [1.29, 1.82) is 0 Å². The third-order valence-electron chi connectivity index (χ3n) is 6.81. The van der Waals surface area contributed by atoms with Crippen LogP contribution in [-0.4, -0.2) is 43.8 Å². The minimum absolute atomic E-state index is 0.0921. The monoisotopic (exact) mass is 563 g/mol. The molecule has 0 saturated heterocycles. The van der Waals surface area contributed by atoms with Gasteiger partial charge in [0.1, 0.15) is 12.6 Å². The molecule has 2 amide bonds. The highest BCUT2D eigenvalue weighted by molar-refractivity contribution is 7.92. The van der Waals surface area contributed by atoms with E-state index in [9.17, 15) is 18.0 Å². The largest absolute Gasteiger partial charge is 0.352 e. The highest BCUT2D eigenvalue weighted by Gasteiger charge is 2.32. The number of hydrogen-bond donors (Lipinski definition) is 1. The van der Waals surface area contributed by atoms with E-state index in [1.54, 1.807) is 43.3 Å². The molecule has 0 aromatic heterocycles. The van der Waals surface area contributed by atoms with Crippen molar-refractivity contribution in [2.75, 3.05) is 10.8 Å². The van der Waals surface area contributed by atoms with Gasteiger partial charge in [0.05, 0.1) is 10.6 Å². The molecule has 40 heavy (non-hydrogen) atoms. The lowest BCUT2D eigenvalue weighted by Crippen LogP contribution is -2.52. The summed E-state index contributed by atoms with van der Waals surface area (Å²) in [5, 5.41) is 2.87. The topological polar surface area (TPSA) is 86.8 Å². The van der Waals surface area contributed by atoms with Crippen molar-refractivity contribution >= 4 is 27.5 Å². The van der Waals surface area contributed by atoms with Gasteiger partial charge in [-0.2, -0.15) is 0 Å². The fourth-order valence-corrected chi connectivity index (χ4v) is 5.68. The molecule has 3 aromatic rings. The number of nitrogens with one attached hydrogen (secondary N) is 1. The summed E-state index contributed by atoms with van der Waals surface area (Å²) in [5.74, 6) is -0.511. The van der Waals surface area contributed by atoms with Crippen LogP contribution in [-0.2, 0) is 26.2 Å². The zero-order chi connectivity index (χ0) is 29.6. The molecule has 0 fully saturated rings. The van der Waals surface area contributed by atoms with Crippen LogP contribution in [0.15, 0.2) is 77.7 Å². The normalized spacial score (nSPS) is 12.3. The maximum atomic E-state index is 14.0. The second kappa shape index (κ2) is 13.1. The molecule has 0 radical (unpaired) electrons. The summed E-state index contributed by atoms with van der Waals surface area (Å²) >= 11 is 0. The van der Waals surface area contributed by atoms with Crippen molar-refractivity contribution in [3.8, 4) is 0 Å². The van der Waals surface area contributed by atoms with Crippen LogP contribution in [0.25, 0.3) is 0 Å². The van der Waals surface area contributed by atoms with Crippen molar-refractivity contribution in [3.63, 3.8) is 0 Å². The number of carbonyl (C=O) groups is 2. The van der Waals surface area contributed by atoms with Crippen LogP contribution >= 0.6 is 0 Å². The Morgan fingerprint density at radius 1 is 0.775 bits per heavy atom. The lowest BCUT2D eigenvalue weighted by atomic mass is 10.0. The van der Waals surface area contributed by atoms with Gasteiger partial charge in [-0.15, -0.1) is 0 Å². The van der Waals surface area contributed by atoms with E-state index in [-0.39, 0.29) is 29.3 Å². The highest BCUT2D eigenvalue weighted by atomic mass is 32.2. The van der Waals surface area contributed by atoms with Crippen LogP contribution < -0.4 is 9.62 Å². The van der Waals surface area contributed by atoms with Crippen molar-refractivity contribution < 1.29 is 18.0 Å². The molecule has 0 spiro atoms. The number of hydrogen-bond acceptors (Lipinski definition) is 4. The van der Waals surface area contributed by atoms with E-state index >= 15 is 0 Å². The van der Waals surface area contributed by atoms with E-state index in [1.807, 2.05) is 64.1 Å². The Bertz CT molecular complexity index is 1400. The summed E-state index contributed by atoms with van der Waals surface area (Å²) in [4.78, 5) is 28.5. The van der Waals surface area contributed by atoms with E-state index in [1.165, 1.54) is 4.90 Å². The Morgan fingerprint density at radius 2 is 1.30 bits per heavy atom. The number of aryl methyl sites for hydroxylation is 2. The van der Waals surface area contributed by atoms with E-state index < -0.39 is 28.5 Å². The number of amides is 2. The number of rotatable bonds is 11. The molecule has 0 unspecified atom stereocenters. The molecule has 3 aromatic carbocycles. The maximum absolute atomic E-state index is 14.0. The summed E-state index contributed by atoms with van der Waals surface area (Å²) in [6, 6.07) is 20.6. The predicted octanol–water partition coefficient (Wildman–Crippen LogP) is 5.56. The molecule has 214 valence electrons. The number of benzene rings is 3. The van der Waals surface area contributed by atoms with Crippen molar-refractivity contribution in [3.05, 3.63) is 95.1 Å².